The Morgan fingerprint density at radius 1 is 1.17 bits per heavy atom. The Kier molecular flexibility index (Phi) is 4.66. The molecule has 3 unspecified atom stereocenters. The third kappa shape index (κ3) is 3.05. The van der Waals surface area contributed by atoms with Gasteiger partial charge in [-0.15, -0.1) is 0 Å². The predicted octanol–water partition coefficient (Wildman–Crippen LogP) is 3.92. The van der Waals surface area contributed by atoms with E-state index in [1.165, 1.54) is 19.3 Å². The molecule has 1 aromatic carbocycles. The van der Waals surface area contributed by atoms with E-state index < -0.39 is 0 Å². The van der Waals surface area contributed by atoms with Crippen LogP contribution in [-0.4, -0.2) is 0 Å². The molecule has 100 valence electrons. The minimum atomic E-state index is 0.170. The van der Waals surface area contributed by atoms with E-state index in [0.29, 0.717) is 5.92 Å². The van der Waals surface area contributed by atoms with E-state index in [0.717, 1.165) is 22.4 Å². The number of hydrogen-bond donors (Lipinski definition) is 2. The third-order valence-corrected chi connectivity index (χ3v) is 4.45. The lowest BCUT2D eigenvalue weighted by molar-refractivity contribution is 0.177. The van der Waals surface area contributed by atoms with Crippen molar-refractivity contribution in [1.29, 1.82) is 0 Å². The maximum atomic E-state index is 6.29. The molecule has 3 N–H and O–H groups in total. The van der Waals surface area contributed by atoms with E-state index in [9.17, 15) is 0 Å². The molecule has 0 amide bonds. The first-order chi connectivity index (χ1) is 8.61. The second-order valence-electron chi connectivity index (χ2n) is 5.84. The van der Waals surface area contributed by atoms with Crippen LogP contribution in [0.15, 0.2) is 24.3 Å². The number of rotatable bonds is 3. The van der Waals surface area contributed by atoms with Gasteiger partial charge in [-0.1, -0.05) is 43.6 Å². The second kappa shape index (κ2) is 6.05. The average molecular weight is 267 g/mol. The molecule has 0 saturated heterocycles. The van der Waals surface area contributed by atoms with Crippen molar-refractivity contribution in [3.05, 3.63) is 34.9 Å². The fraction of sp³-hybridized carbons (Fsp3) is 0.600. The summed E-state index contributed by atoms with van der Waals surface area (Å²) in [6.45, 7) is 4.67. The van der Waals surface area contributed by atoms with Crippen molar-refractivity contribution in [3.8, 4) is 0 Å². The molecule has 0 heterocycles. The molecule has 0 spiro atoms. The van der Waals surface area contributed by atoms with Gasteiger partial charge >= 0.3 is 0 Å². The van der Waals surface area contributed by atoms with Crippen LogP contribution in [0.3, 0.4) is 0 Å². The maximum Gasteiger partial charge on any atom is 0.0503 e. The minimum absolute atomic E-state index is 0.170. The molecular formula is C15H23ClN2. The number of halogens is 1. The van der Waals surface area contributed by atoms with Crippen molar-refractivity contribution >= 4 is 11.6 Å². The summed E-state index contributed by atoms with van der Waals surface area (Å²) in [6, 6.07) is 8.18. The standard InChI is InChI=1S/C15H23ClN2/c1-10-7-11(2)9-12(8-10)15(18-17)13-5-3-4-6-14(13)16/h3-6,10-12,15,18H,7-9,17H2,1-2H3. The molecule has 18 heavy (non-hydrogen) atoms. The smallest absolute Gasteiger partial charge is 0.0503 e. The lowest BCUT2D eigenvalue weighted by Gasteiger charge is -2.36. The second-order valence-corrected chi connectivity index (χ2v) is 6.25. The van der Waals surface area contributed by atoms with Crippen molar-refractivity contribution in [3.63, 3.8) is 0 Å². The summed E-state index contributed by atoms with van der Waals surface area (Å²) < 4.78 is 0. The average Bonchev–Trinajstić information content (AvgIpc) is 2.31. The highest BCUT2D eigenvalue weighted by atomic mass is 35.5. The maximum absolute atomic E-state index is 6.29. The molecule has 1 aromatic rings. The summed E-state index contributed by atoms with van der Waals surface area (Å²) in [5.41, 5.74) is 4.12. The highest BCUT2D eigenvalue weighted by Gasteiger charge is 2.31. The van der Waals surface area contributed by atoms with E-state index in [-0.39, 0.29) is 6.04 Å². The Bertz CT molecular complexity index is 384. The lowest BCUT2D eigenvalue weighted by Crippen LogP contribution is -2.37. The number of nitrogens with one attached hydrogen (secondary N) is 1. The van der Waals surface area contributed by atoms with Gasteiger partial charge in [0.2, 0.25) is 0 Å². The third-order valence-electron chi connectivity index (χ3n) is 4.11. The molecular weight excluding hydrogens is 244 g/mol. The van der Waals surface area contributed by atoms with E-state index in [2.05, 4.69) is 25.3 Å². The van der Waals surface area contributed by atoms with Gasteiger partial charge in [-0.2, -0.15) is 0 Å². The monoisotopic (exact) mass is 266 g/mol. The van der Waals surface area contributed by atoms with Crippen LogP contribution in [0.2, 0.25) is 5.02 Å². The molecule has 2 nitrogen and oxygen atoms in total. The summed E-state index contributed by atoms with van der Waals surface area (Å²) in [7, 11) is 0. The first-order valence-corrected chi connectivity index (χ1v) is 7.20. The first kappa shape index (κ1) is 13.9. The molecule has 0 aliphatic heterocycles. The van der Waals surface area contributed by atoms with Crippen molar-refractivity contribution < 1.29 is 0 Å². The van der Waals surface area contributed by atoms with Crippen molar-refractivity contribution in [2.24, 2.45) is 23.6 Å². The number of hydrazine groups is 1. The van der Waals surface area contributed by atoms with E-state index in [1.807, 2.05) is 18.2 Å². The van der Waals surface area contributed by atoms with Crippen LogP contribution in [0, 0.1) is 17.8 Å². The zero-order valence-corrected chi connectivity index (χ0v) is 12.0. The summed E-state index contributed by atoms with van der Waals surface area (Å²) in [5.74, 6) is 7.91. The zero-order chi connectivity index (χ0) is 13.1. The van der Waals surface area contributed by atoms with Gasteiger partial charge in [0.15, 0.2) is 0 Å². The van der Waals surface area contributed by atoms with Crippen LogP contribution in [0.4, 0.5) is 0 Å². The van der Waals surface area contributed by atoms with Crippen LogP contribution in [0.5, 0.6) is 0 Å². The van der Waals surface area contributed by atoms with Gasteiger partial charge in [0.1, 0.15) is 0 Å². The molecule has 0 aromatic heterocycles. The number of benzene rings is 1. The molecule has 0 bridgehead atoms. The predicted molar refractivity (Wildman–Crippen MR) is 77.2 cm³/mol. The van der Waals surface area contributed by atoms with Crippen molar-refractivity contribution in [1.82, 2.24) is 5.43 Å². The summed E-state index contributed by atoms with van der Waals surface area (Å²) in [5, 5.41) is 0.811. The molecule has 1 fully saturated rings. The van der Waals surface area contributed by atoms with E-state index >= 15 is 0 Å². The van der Waals surface area contributed by atoms with Gasteiger partial charge < -0.3 is 0 Å². The fourth-order valence-electron chi connectivity index (χ4n) is 3.49. The van der Waals surface area contributed by atoms with Gasteiger partial charge in [-0.05, 0) is 48.6 Å². The van der Waals surface area contributed by atoms with Crippen molar-refractivity contribution in [2.45, 2.75) is 39.2 Å². The van der Waals surface area contributed by atoms with Crippen LogP contribution < -0.4 is 11.3 Å². The highest BCUT2D eigenvalue weighted by Crippen LogP contribution is 2.40. The Labute approximate surface area is 115 Å². The van der Waals surface area contributed by atoms with Gasteiger partial charge in [0.25, 0.3) is 0 Å². The van der Waals surface area contributed by atoms with Gasteiger partial charge in [0.05, 0.1) is 6.04 Å². The summed E-state index contributed by atoms with van der Waals surface area (Å²) in [6.07, 6.45) is 3.78. The van der Waals surface area contributed by atoms with Crippen LogP contribution in [-0.2, 0) is 0 Å². The van der Waals surface area contributed by atoms with E-state index in [4.69, 9.17) is 17.4 Å². The molecule has 1 aliphatic rings. The summed E-state index contributed by atoms with van der Waals surface area (Å²) >= 11 is 6.29. The topological polar surface area (TPSA) is 38.0 Å². The highest BCUT2D eigenvalue weighted by molar-refractivity contribution is 6.31. The van der Waals surface area contributed by atoms with Crippen LogP contribution in [0.1, 0.15) is 44.7 Å². The van der Waals surface area contributed by atoms with Gasteiger partial charge in [-0.25, -0.2) is 0 Å². The molecule has 1 saturated carbocycles. The van der Waals surface area contributed by atoms with Crippen LogP contribution >= 0.6 is 11.6 Å². The largest absolute Gasteiger partial charge is 0.271 e. The Balaban J connectivity index is 2.20. The zero-order valence-electron chi connectivity index (χ0n) is 11.2. The summed E-state index contributed by atoms with van der Waals surface area (Å²) in [4.78, 5) is 0. The molecule has 0 radical (unpaired) electrons. The Morgan fingerprint density at radius 2 is 1.78 bits per heavy atom. The minimum Gasteiger partial charge on any atom is -0.271 e. The quantitative estimate of drug-likeness (QED) is 0.643. The van der Waals surface area contributed by atoms with Crippen molar-refractivity contribution in [2.75, 3.05) is 0 Å². The molecule has 3 atom stereocenters. The normalized spacial score (nSPS) is 30.1. The molecule has 1 aliphatic carbocycles. The first-order valence-electron chi connectivity index (χ1n) is 6.82. The fourth-order valence-corrected chi connectivity index (χ4v) is 3.74. The van der Waals surface area contributed by atoms with Gasteiger partial charge in [-0.3, -0.25) is 11.3 Å². The Morgan fingerprint density at radius 3 is 2.33 bits per heavy atom. The number of nitrogens with two attached hydrogens (primary N) is 1. The SMILES string of the molecule is CC1CC(C)CC(C(NN)c2ccccc2Cl)C1. The van der Waals surface area contributed by atoms with E-state index in [1.54, 1.807) is 0 Å². The lowest BCUT2D eigenvalue weighted by atomic mass is 9.72. The molecule has 2 rings (SSSR count). The van der Waals surface area contributed by atoms with Gasteiger partial charge in [0, 0.05) is 5.02 Å². The van der Waals surface area contributed by atoms with Crippen LogP contribution in [0.25, 0.3) is 0 Å². The molecule has 3 heteroatoms. The Hall–Kier alpha value is -0.570. The number of hydrogen-bond acceptors (Lipinski definition) is 2.